The van der Waals surface area contributed by atoms with E-state index in [1.54, 1.807) is 30.3 Å². The molecule has 114 valence electrons. The zero-order valence-electron chi connectivity index (χ0n) is 12.1. The third kappa shape index (κ3) is 3.74. The zero-order chi connectivity index (χ0) is 16.1. The molecular formula is C17H14BrFO3. The number of benzene rings is 2. The molecule has 5 heteroatoms. The summed E-state index contributed by atoms with van der Waals surface area (Å²) in [6, 6.07) is 9.58. The number of allylic oxidation sites excluding steroid dienone is 1. The molecule has 22 heavy (non-hydrogen) atoms. The van der Waals surface area contributed by atoms with E-state index < -0.39 is 5.82 Å². The fourth-order valence-corrected chi connectivity index (χ4v) is 2.23. The minimum atomic E-state index is -0.406. The average Bonchev–Trinajstić information content (AvgIpc) is 2.53. The topological polar surface area (TPSA) is 35.5 Å². The van der Waals surface area contributed by atoms with Crippen LogP contribution < -0.4 is 9.47 Å². The lowest BCUT2D eigenvalue weighted by Crippen LogP contribution is -2.00. The third-order valence-corrected chi connectivity index (χ3v) is 3.54. The smallest absolute Gasteiger partial charge is 0.189 e. The Morgan fingerprint density at radius 2 is 1.91 bits per heavy atom. The molecule has 0 unspecified atom stereocenters. The number of hydrogen-bond acceptors (Lipinski definition) is 3. The number of methoxy groups -OCH3 is 2. The molecule has 2 aromatic rings. The number of hydrogen-bond donors (Lipinski definition) is 0. The Labute approximate surface area is 136 Å². The van der Waals surface area contributed by atoms with Gasteiger partial charge in [-0.05, 0) is 42.5 Å². The highest BCUT2D eigenvalue weighted by Gasteiger charge is 2.11. The van der Waals surface area contributed by atoms with E-state index in [-0.39, 0.29) is 5.78 Å². The highest BCUT2D eigenvalue weighted by Crippen LogP contribution is 2.25. The molecule has 0 aliphatic rings. The van der Waals surface area contributed by atoms with Gasteiger partial charge in [0.15, 0.2) is 5.78 Å². The van der Waals surface area contributed by atoms with Crippen molar-refractivity contribution in [2.24, 2.45) is 0 Å². The molecule has 2 aromatic carbocycles. The van der Waals surface area contributed by atoms with Crippen molar-refractivity contribution in [3.8, 4) is 11.5 Å². The van der Waals surface area contributed by atoms with Crippen LogP contribution in [0.4, 0.5) is 4.39 Å². The molecule has 2 rings (SSSR count). The Balaban J connectivity index is 2.30. The number of carbonyl (C=O) groups is 1. The number of carbonyl (C=O) groups excluding carboxylic acids is 1. The second kappa shape index (κ2) is 7.22. The van der Waals surface area contributed by atoms with E-state index in [2.05, 4.69) is 15.9 Å². The summed E-state index contributed by atoms with van der Waals surface area (Å²) >= 11 is 3.19. The first-order chi connectivity index (χ1) is 10.5. The molecule has 0 aliphatic heterocycles. The molecule has 0 N–H and O–H groups in total. The van der Waals surface area contributed by atoms with Gasteiger partial charge in [0.1, 0.15) is 17.3 Å². The lowest BCUT2D eigenvalue weighted by Gasteiger charge is -2.07. The summed E-state index contributed by atoms with van der Waals surface area (Å²) in [5.41, 5.74) is 0.689. The number of halogens is 2. The van der Waals surface area contributed by atoms with Crippen LogP contribution in [0.2, 0.25) is 0 Å². The molecule has 3 nitrogen and oxygen atoms in total. The van der Waals surface area contributed by atoms with Crippen LogP contribution in [0.5, 0.6) is 11.5 Å². The quantitative estimate of drug-likeness (QED) is 0.578. The summed E-state index contributed by atoms with van der Waals surface area (Å²) in [7, 11) is 3.00. The largest absolute Gasteiger partial charge is 0.497 e. The van der Waals surface area contributed by atoms with Crippen LogP contribution >= 0.6 is 15.9 Å². The SMILES string of the molecule is COc1ccc(OC)c(C(=O)/C=C/c2ccc(Br)cc2F)c1. The van der Waals surface area contributed by atoms with Gasteiger partial charge in [-0.25, -0.2) is 4.39 Å². The van der Waals surface area contributed by atoms with E-state index in [1.165, 1.54) is 32.4 Å². The van der Waals surface area contributed by atoms with Gasteiger partial charge >= 0.3 is 0 Å². The third-order valence-electron chi connectivity index (χ3n) is 3.05. The van der Waals surface area contributed by atoms with Crippen molar-refractivity contribution < 1.29 is 18.7 Å². The first-order valence-electron chi connectivity index (χ1n) is 6.44. The summed E-state index contributed by atoms with van der Waals surface area (Å²) < 4.78 is 24.6. The first-order valence-corrected chi connectivity index (χ1v) is 7.24. The molecule has 0 saturated carbocycles. The Hall–Kier alpha value is -2.14. The van der Waals surface area contributed by atoms with Crippen LogP contribution in [0.15, 0.2) is 46.9 Å². The fourth-order valence-electron chi connectivity index (χ4n) is 1.90. The monoisotopic (exact) mass is 364 g/mol. The summed E-state index contributed by atoms with van der Waals surface area (Å²) in [5.74, 6) is 0.285. The van der Waals surface area contributed by atoms with Crippen LogP contribution in [0.1, 0.15) is 15.9 Å². The molecular weight excluding hydrogens is 351 g/mol. The van der Waals surface area contributed by atoms with E-state index >= 15 is 0 Å². The molecule has 0 saturated heterocycles. The van der Waals surface area contributed by atoms with E-state index in [0.29, 0.717) is 27.1 Å². The van der Waals surface area contributed by atoms with Gasteiger partial charge in [-0.1, -0.05) is 22.0 Å². The predicted molar refractivity (Wildman–Crippen MR) is 87.0 cm³/mol. The van der Waals surface area contributed by atoms with E-state index in [9.17, 15) is 9.18 Å². The molecule has 0 radical (unpaired) electrons. The van der Waals surface area contributed by atoms with Crippen molar-refractivity contribution in [3.63, 3.8) is 0 Å². The maximum Gasteiger partial charge on any atom is 0.189 e. The number of rotatable bonds is 5. The molecule has 0 aromatic heterocycles. The van der Waals surface area contributed by atoms with Gasteiger partial charge in [-0.2, -0.15) is 0 Å². The maximum atomic E-state index is 13.7. The van der Waals surface area contributed by atoms with Gasteiger partial charge < -0.3 is 9.47 Å². The standard InChI is InChI=1S/C17H14BrFO3/c1-21-13-6-8-17(22-2)14(10-13)16(20)7-4-11-3-5-12(18)9-15(11)19/h3-10H,1-2H3/b7-4+. The van der Waals surface area contributed by atoms with Crippen LogP contribution in [-0.2, 0) is 0 Å². The highest BCUT2D eigenvalue weighted by atomic mass is 79.9. The van der Waals surface area contributed by atoms with Crippen LogP contribution in [-0.4, -0.2) is 20.0 Å². The van der Waals surface area contributed by atoms with Gasteiger partial charge in [-0.15, -0.1) is 0 Å². The summed E-state index contributed by atoms with van der Waals surface area (Å²) in [6.07, 6.45) is 2.74. The molecule has 0 atom stereocenters. The number of ketones is 1. The lowest BCUT2D eigenvalue weighted by atomic mass is 10.1. The maximum absolute atomic E-state index is 13.7. The van der Waals surface area contributed by atoms with Crippen LogP contribution in [0.3, 0.4) is 0 Å². The second-order valence-corrected chi connectivity index (χ2v) is 5.35. The van der Waals surface area contributed by atoms with Gasteiger partial charge in [0.25, 0.3) is 0 Å². The summed E-state index contributed by atoms with van der Waals surface area (Å²) in [5, 5.41) is 0. The highest BCUT2D eigenvalue weighted by molar-refractivity contribution is 9.10. The van der Waals surface area contributed by atoms with Gasteiger partial charge in [-0.3, -0.25) is 4.79 Å². The fraction of sp³-hybridized carbons (Fsp3) is 0.118. The lowest BCUT2D eigenvalue weighted by molar-refractivity contribution is 0.104. The van der Waals surface area contributed by atoms with Gasteiger partial charge in [0, 0.05) is 10.0 Å². The number of ether oxygens (including phenoxy) is 2. The van der Waals surface area contributed by atoms with Crippen LogP contribution in [0, 0.1) is 5.82 Å². The average molecular weight is 365 g/mol. The van der Waals surface area contributed by atoms with E-state index in [1.807, 2.05) is 0 Å². The summed E-state index contributed by atoms with van der Waals surface area (Å²) in [6.45, 7) is 0. The Morgan fingerprint density at radius 3 is 2.55 bits per heavy atom. The van der Waals surface area contributed by atoms with E-state index in [4.69, 9.17) is 9.47 Å². The van der Waals surface area contributed by atoms with Crippen molar-refractivity contribution in [2.75, 3.05) is 14.2 Å². The molecule has 0 amide bonds. The molecule has 0 aliphatic carbocycles. The Kier molecular flexibility index (Phi) is 5.33. The molecule has 0 spiro atoms. The van der Waals surface area contributed by atoms with Crippen LogP contribution in [0.25, 0.3) is 6.08 Å². The first kappa shape index (κ1) is 16.2. The van der Waals surface area contributed by atoms with Crippen molar-refractivity contribution in [1.82, 2.24) is 0 Å². The minimum Gasteiger partial charge on any atom is -0.497 e. The molecule has 0 bridgehead atoms. The zero-order valence-corrected chi connectivity index (χ0v) is 13.7. The van der Waals surface area contributed by atoms with E-state index in [0.717, 1.165) is 0 Å². The Morgan fingerprint density at radius 1 is 1.14 bits per heavy atom. The second-order valence-electron chi connectivity index (χ2n) is 4.43. The molecule has 0 heterocycles. The van der Waals surface area contributed by atoms with Gasteiger partial charge in [0.2, 0.25) is 0 Å². The summed E-state index contributed by atoms with van der Waals surface area (Å²) in [4.78, 5) is 12.3. The normalized spacial score (nSPS) is 10.7. The van der Waals surface area contributed by atoms with Gasteiger partial charge in [0.05, 0.1) is 19.8 Å². The van der Waals surface area contributed by atoms with Crippen molar-refractivity contribution >= 4 is 27.8 Å². The minimum absolute atomic E-state index is 0.293. The van der Waals surface area contributed by atoms with Crippen molar-refractivity contribution in [3.05, 3.63) is 63.9 Å². The van der Waals surface area contributed by atoms with Crippen molar-refractivity contribution in [2.45, 2.75) is 0 Å². The predicted octanol–water partition coefficient (Wildman–Crippen LogP) is 4.50. The van der Waals surface area contributed by atoms with Crippen molar-refractivity contribution in [1.29, 1.82) is 0 Å². The Bertz CT molecular complexity index is 726. The molecule has 0 fully saturated rings.